The second-order valence-electron chi connectivity index (χ2n) is 3.06. The number of hydrogen-bond donors (Lipinski definition) is 0. The molecule has 0 N–H and O–H groups in total. The lowest BCUT2D eigenvalue weighted by Crippen LogP contribution is -1.99. The predicted molar refractivity (Wildman–Crippen MR) is 64.0 cm³/mol. The van der Waals surface area contributed by atoms with Crippen molar-refractivity contribution in [3.8, 4) is 5.75 Å². The Hall–Kier alpha value is -1.16. The molecular weight excluding hydrogens is 258 g/mol. The van der Waals surface area contributed by atoms with Gasteiger partial charge in [-0.05, 0) is 19.1 Å². The van der Waals surface area contributed by atoms with Crippen molar-refractivity contribution in [1.82, 2.24) is 0 Å². The van der Waals surface area contributed by atoms with Gasteiger partial charge in [-0.2, -0.15) is 4.91 Å². The van der Waals surface area contributed by atoms with Crippen LogP contribution in [0.25, 0.3) is 0 Å². The number of rotatable bonds is 5. The number of nitrogens with zero attached hydrogens (tertiary/aromatic N) is 1. The van der Waals surface area contributed by atoms with Crippen molar-refractivity contribution in [3.63, 3.8) is 0 Å². The van der Waals surface area contributed by atoms with E-state index in [1.807, 2.05) is 18.2 Å². The van der Waals surface area contributed by atoms with E-state index in [0.29, 0.717) is 12.4 Å². The summed E-state index contributed by atoms with van der Waals surface area (Å²) in [6.07, 6.45) is 1.66. The summed E-state index contributed by atoms with van der Waals surface area (Å²) in [5.74, 6) is 0.663. The van der Waals surface area contributed by atoms with Crippen molar-refractivity contribution in [1.29, 1.82) is 0 Å². The molecule has 0 radical (unpaired) electrons. The van der Waals surface area contributed by atoms with Crippen molar-refractivity contribution in [2.75, 3.05) is 6.61 Å². The Morgan fingerprint density at radius 3 is 3.00 bits per heavy atom. The van der Waals surface area contributed by atoms with E-state index in [0.717, 1.165) is 10.0 Å². The van der Waals surface area contributed by atoms with E-state index in [-0.39, 0.29) is 0 Å². The quantitative estimate of drug-likeness (QED) is 0.602. The maximum absolute atomic E-state index is 10.5. The summed E-state index contributed by atoms with van der Waals surface area (Å²) < 4.78 is 6.35. The SMILES string of the molecule is C=CCOc1cc(Br)ccc1C(C)N=O. The third-order valence-corrected chi connectivity index (χ3v) is 2.43. The molecule has 0 aliphatic carbocycles. The van der Waals surface area contributed by atoms with Crippen molar-refractivity contribution in [2.45, 2.75) is 13.0 Å². The Morgan fingerprint density at radius 2 is 2.40 bits per heavy atom. The second-order valence-corrected chi connectivity index (χ2v) is 3.98. The van der Waals surface area contributed by atoms with Crippen LogP contribution >= 0.6 is 15.9 Å². The number of nitroso groups, excluding NO2 is 1. The number of hydrogen-bond acceptors (Lipinski definition) is 3. The minimum Gasteiger partial charge on any atom is -0.489 e. The third kappa shape index (κ3) is 3.16. The Morgan fingerprint density at radius 1 is 1.67 bits per heavy atom. The van der Waals surface area contributed by atoms with Crippen molar-refractivity contribution in [2.24, 2.45) is 5.18 Å². The lowest BCUT2D eigenvalue weighted by molar-refractivity contribution is 0.357. The average Bonchev–Trinajstić information content (AvgIpc) is 2.25. The van der Waals surface area contributed by atoms with Gasteiger partial charge in [0.15, 0.2) is 0 Å². The molecule has 0 saturated carbocycles. The number of halogens is 1. The van der Waals surface area contributed by atoms with Crippen LogP contribution in [0.3, 0.4) is 0 Å². The van der Waals surface area contributed by atoms with Gasteiger partial charge in [-0.15, -0.1) is 0 Å². The van der Waals surface area contributed by atoms with E-state index < -0.39 is 6.04 Å². The van der Waals surface area contributed by atoms with E-state index in [2.05, 4.69) is 27.7 Å². The van der Waals surface area contributed by atoms with Crippen LogP contribution in [0.15, 0.2) is 40.5 Å². The molecule has 0 saturated heterocycles. The molecule has 0 heterocycles. The van der Waals surface area contributed by atoms with Gasteiger partial charge >= 0.3 is 0 Å². The molecule has 1 rings (SSSR count). The minimum atomic E-state index is -0.405. The van der Waals surface area contributed by atoms with Gasteiger partial charge in [0.2, 0.25) is 0 Å². The summed E-state index contributed by atoms with van der Waals surface area (Å²) in [6.45, 7) is 5.72. The van der Waals surface area contributed by atoms with E-state index in [1.54, 1.807) is 13.0 Å². The molecule has 1 unspecified atom stereocenters. The first-order chi connectivity index (χ1) is 7.19. The largest absolute Gasteiger partial charge is 0.489 e. The van der Waals surface area contributed by atoms with Crippen LogP contribution < -0.4 is 4.74 Å². The second kappa shape index (κ2) is 5.66. The number of ether oxygens (including phenoxy) is 1. The molecule has 0 fully saturated rings. The first-order valence-electron chi connectivity index (χ1n) is 4.54. The topological polar surface area (TPSA) is 38.7 Å². The van der Waals surface area contributed by atoms with E-state index in [9.17, 15) is 4.91 Å². The van der Waals surface area contributed by atoms with Gasteiger partial charge in [0.05, 0.1) is 0 Å². The third-order valence-electron chi connectivity index (χ3n) is 1.94. The summed E-state index contributed by atoms with van der Waals surface area (Å²) in [6, 6.07) is 5.10. The summed E-state index contributed by atoms with van der Waals surface area (Å²) in [5, 5.41) is 2.99. The van der Waals surface area contributed by atoms with Crippen LogP contribution in [0.4, 0.5) is 0 Å². The Bertz CT molecular complexity index is 366. The summed E-state index contributed by atoms with van der Waals surface area (Å²) in [7, 11) is 0. The fourth-order valence-electron chi connectivity index (χ4n) is 1.18. The molecule has 1 aromatic rings. The lowest BCUT2D eigenvalue weighted by Gasteiger charge is -2.11. The molecule has 80 valence electrons. The highest BCUT2D eigenvalue weighted by atomic mass is 79.9. The van der Waals surface area contributed by atoms with Crippen LogP contribution in [0.1, 0.15) is 18.5 Å². The fraction of sp³-hybridized carbons (Fsp3) is 0.273. The summed E-state index contributed by atoms with van der Waals surface area (Å²) >= 11 is 3.34. The molecule has 0 aliphatic heterocycles. The molecule has 15 heavy (non-hydrogen) atoms. The van der Waals surface area contributed by atoms with Gasteiger partial charge in [-0.1, -0.05) is 39.8 Å². The van der Waals surface area contributed by atoms with Crippen LogP contribution in [0.2, 0.25) is 0 Å². The average molecular weight is 270 g/mol. The highest BCUT2D eigenvalue weighted by Gasteiger charge is 2.11. The smallest absolute Gasteiger partial charge is 0.126 e. The molecule has 3 nitrogen and oxygen atoms in total. The Balaban J connectivity index is 3.01. The molecule has 0 spiro atoms. The Kier molecular flexibility index (Phi) is 4.49. The van der Waals surface area contributed by atoms with Crippen LogP contribution in [0.5, 0.6) is 5.75 Å². The Labute approximate surface area is 97.2 Å². The highest BCUT2D eigenvalue weighted by Crippen LogP contribution is 2.30. The zero-order valence-corrected chi connectivity index (χ0v) is 10.0. The molecule has 0 aliphatic rings. The molecule has 1 aromatic carbocycles. The molecule has 0 amide bonds. The minimum absolute atomic E-state index is 0.405. The fourth-order valence-corrected chi connectivity index (χ4v) is 1.52. The van der Waals surface area contributed by atoms with Gasteiger partial charge in [-0.25, -0.2) is 0 Å². The zero-order chi connectivity index (χ0) is 11.3. The monoisotopic (exact) mass is 269 g/mol. The maximum atomic E-state index is 10.5. The highest BCUT2D eigenvalue weighted by molar-refractivity contribution is 9.10. The van der Waals surface area contributed by atoms with Crippen molar-refractivity contribution >= 4 is 15.9 Å². The van der Waals surface area contributed by atoms with E-state index in [4.69, 9.17) is 4.74 Å². The van der Waals surface area contributed by atoms with Crippen LogP contribution in [-0.4, -0.2) is 6.61 Å². The maximum Gasteiger partial charge on any atom is 0.126 e. The molecule has 0 aromatic heterocycles. The molecule has 1 atom stereocenters. The lowest BCUT2D eigenvalue weighted by atomic mass is 10.1. The molecule has 0 bridgehead atoms. The molecular formula is C11H12BrNO2. The van der Waals surface area contributed by atoms with Gasteiger partial charge in [0.25, 0.3) is 0 Å². The van der Waals surface area contributed by atoms with Gasteiger partial charge in [0.1, 0.15) is 18.4 Å². The van der Waals surface area contributed by atoms with Gasteiger partial charge < -0.3 is 4.74 Å². The van der Waals surface area contributed by atoms with E-state index in [1.165, 1.54) is 0 Å². The predicted octanol–water partition coefficient (Wildman–Crippen LogP) is 3.84. The normalized spacial score (nSPS) is 11.9. The van der Waals surface area contributed by atoms with Crippen LogP contribution in [-0.2, 0) is 0 Å². The zero-order valence-electron chi connectivity index (χ0n) is 8.44. The first-order valence-corrected chi connectivity index (χ1v) is 5.34. The molecule has 4 heteroatoms. The van der Waals surface area contributed by atoms with E-state index >= 15 is 0 Å². The van der Waals surface area contributed by atoms with Gasteiger partial charge in [-0.3, -0.25) is 0 Å². The summed E-state index contributed by atoms with van der Waals surface area (Å²) in [4.78, 5) is 10.5. The van der Waals surface area contributed by atoms with Crippen molar-refractivity contribution in [3.05, 3.63) is 45.8 Å². The number of benzene rings is 1. The van der Waals surface area contributed by atoms with Crippen LogP contribution in [0, 0.1) is 4.91 Å². The van der Waals surface area contributed by atoms with Gasteiger partial charge in [0, 0.05) is 10.0 Å². The summed E-state index contributed by atoms with van der Waals surface area (Å²) in [5.41, 5.74) is 0.787. The van der Waals surface area contributed by atoms with Crippen molar-refractivity contribution < 1.29 is 4.74 Å². The standard InChI is InChI=1S/C11H12BrNO2/c1-3-6-15-11-7-9(12)4-5-10(11)8(2)13-14/h3-5,7-8H,1,6H2,2H3. The first kappa shape index (κ1) is 11.9.